The normalized spacial score (nSPS) is 26.3. The number of carbonyl (C=O) groups is 1. The lowest BCUT2D eigenvalue weighted by molar-refractivity contribution is -0.172. The van der Waals surface area contributed by atoms with E-state index in [2.05, 4.69) is 0 Å². The molecular formula is C9H7ClF4O. The molecule has 0 spiro atoms. The second kappa shape index (κ2) is 4.35. The molecule has 0 fully saturated rings. The molecule has 0 aromatic rings. The van der Waals surface area contributed by atoms with Gasteiger partial charge in [0.25, 0.3) is 0 Å². The summed E-state index contributed by atoms with van der Waals surface area (Å²) in [5, 5.41) is -0.774. The van der Waals surface area contributed by atoms with Crippen LogP contribution >= 0.6 is 11.6 Å². The van der Waals surface area contributed by atoms with Crippen LogP contribution in [0.3, 0.4) is 0 Å². The molecule has 84 valence electrons. The summed E-state index contributed by atoms with van der Waals surface area (Å²) in [4.78, 5) is 10.5. The highest BCUT2D eigenvalue weighted by molar-refractivity contribution is 6.63. The quantitative estimate of drug-likeness (QED) is 0.537. The van der Waals surface area contributed by atoms with Crippen molar-refractivity contribution in [2.24, 2.45) is 5.92 Å². The molecule has 2 unspecified atom stereocenters. The molecule has 0 saturated heterocycles. The van der Waals surface area contributed by atoms with Gasteiger partial charge in [-0.2, -0.15) is 13.2 Å². The third-order valence-corrected chi connectivity index (χ3v) is 2.09. The van der Waals surface area contributed by atoms with Crippen LogP contribution in [0.5, 0.6) is 0 Å². The van der Waals surface area contributed by atoms with Crippen molar-refractivity contribution in [2.75, 3.05) is 0 Å². The van der Waals surface area contributed by atoms with Crippen molar-refractivity contribution >= 4 is 16.8 Å². The number of hydrogen-bond acceptors (Lipinski definition) is 1. The maximum atomic E-state index is 12.9. The van der Waals surface area contributed by atoms with Crippen molar-refractivity contribution in [3.63, 3.8) is 0 Å². The van der Waals surface area contributed by atoms with Gasteiger partial charge in [0.05, 0.1) is 0 Å². The van der Waals surface area contributed by atoms with Crippen LogP contribution in [-0.2, 0) is 4.79 Å². The second-order valence-corrected chi connectivity index (χ2v) is 3.57. The summed E-state index contributed by atoms with van der Waals surface area (Å²) in [6.07, 6.45) is -4.44. The fourth-order valence-corrected chi connectivity index (χ4v) is 1.42. The fourth-order valence-electron chi connectivity index (χ4n) is 1.27. The van der Waals surface area contributed by atoms with Gasteiger partial charge in [-0.05, 0) is 23.3 Å². The number of rotatable bonds is 2. The smallest absolute Gasteiger partial charge is 0.281 e. The van der Waals surface area contributed by atoms with Crippen molar-refractivity contribution in [3.8, 4) is 0 Å². The first-order chi connectivity index (χ1) is 6.80. The summed E-state index contributed by atoms with van der Waals surface area (Å²) in [6.45, 7) is 0. The highest BCUT2D eigenvalue weighted by Crippen LogP contribution is 2.35. The Morgan fingerprint density at radius 1 is 1.47 bits per heavy atom. The Kier molecular flexibility index (Phi) is 3.54. The van der Waals surface area contributed by atoms with Crippen molar-refractivity contribution < 1.29 is 22.4 Å². The lowest BCUT2D eigenvalue weighted by atomic mass is 9.93. The molecule has 1 nitrogen and oxygen atoms in total. The van der Waals surface area contributed by atoms with Gasteiger partial charge in [-0.25, -0.2) is 4.39 Å². The third kappa shape index (κ3) is 3.34. The summed E-state index contributed by atoms with van der Waals surface area (Å²) in [5.41, 5.74) is 0.0891. The van der Waals surface area contributed by atoms with Crippen LogP contribution < -0.4 is 0 Å². The summed E-state index contributed by atoms with van der Waals surface area (Å²) < 4.78 is 49.7. The maximum Gasteiger partial charge on any atom is 0.398 e. The van der Waals surface area contributed by atoms with Gasteiger partial charge in [-0.15, -0.1) is 0 Å². The van der Waals surface area contributed by atoms with E-state index < -0.39 is 23.5 Å². The third-order valence-electron chi connectivity index (χ3n) is 1.95. The van der Waals surface area contributed by atoms with E-state index in [9.17, 15) is 22.4 Å². The number of hydrogen-bond donors (Lipinski definition) is 0. The molecule has 0 N–H and O–H groups in total. The van der Waals surface area contributed by atoms with Crippen molar-refractivity contribution in [2.45, 2.75) is 18.8 Å². The Morgan fingerprint density at radius 3 is 2.53 bits per heavy atom. The summed E-state index contributed by atoms with van der Waals surface area (Å²) in [7, 11) is 0. The summed E-state index contributed by atoms with van der Waals surface area (Å²) >= 11 is 5.02. The lowest BCUT2D eigenvalue weighted by Crippen LogP contribution is -2.30. The zero-order chi connectivity index (χ0) is 11.6. The molecular weight excluding hydrogens is 236 g/mol. The molecule has 1 aliphatic rings. The molecule has 0 bridgehead atoms. The molecule has 0 saturated carbocycles. The average molecular weight is 243 g/mol. The first-order valence-electron chi connectivity index (χ1n) is 4.08. The molecule has 6 heteroatoms. The van der Waals surface area contributed by atoms with E-state index in [1.807, 2.05) is 0 Å². The van der Waals surface area contributed by atoms with E-state index in [-0.39, 0.29) is 12.0 Å². The molecule has 1 rings (SSSR count). The Bertz CT molecular complexity index is 319. The monoisotopic (exact) mass is 242 g/mol. The number of alkyl halides is 4. The van der Waals surface area contributed by atoms with Gasteiger partial charge in [0.15, 0.2) is 0 Å². The van der Waals surface area contributed by atoms with E-state index in [0.717, 1.165) is 12.2 Å². The standard InChI is InChI=1S/C9H7ClF4O/c10-8(15)4-5-1-2-7(11)6(3-5)9(12,13)14/h1-3,6-7H,4H2. The van der Waals surface area contributed by atoms with Crippen LogP contribution in [-0.4, -0.2) is 17.6 Å². The highest BCUT2D eigenvalue weighted by atomic mass is 35.5. The zero-order valence-electron chi connectivity index (χ0n) is 7.39. The van der Waals surface area contributed by atoms with Gasteiger partial charge in [0, 0.05) is 6.42 Å². The second-order valence-electron chi connectivity index (χ2n) is 3.14. The molecule has 2 atom stereocenters. The molecule has 1 aliphatic carbocycles. The lowest BCUT2D eigenvalue weighted by Gasteiger charge is -2.22. The predicted molar refractivity (Wildman–Crippen MR) is 47.1 cm³/mol. The van der Waals surface area contributed by atoms with Gasteiger partial charge in [-0.1, -0.05) is 12.2 Å². The van der Waals surface area contributed by atoms with E-state index in [1.54, 1.807) is 0 Å². The Labute approximate surface area is 88.4 Å². The minimum Gasteiger partial charge on any atom is -0.281 e. The largest absolute Gasteiger partial charge is 0.398 e. The van der Waals surface area contributed by atoms with E-state index in [1.165, 1.54) is 0 Å². The van der Waals surface area contributed by atoms with Crippen LogP contribution in [0.25, 0.3) is 0 Å². The minimum atomic E-state index is -4.65. The average Bonchev–Trinajstić information content (AvgIpc) is 2.05. The van der Waals surface area contributed by atoms with Crippen LogP contribution in [0.4, 0.5) is 17.6 Å². The molecule has 15 heavy (non-hydrogen) atoms. The first kappa shape index (κ1) is 12.2. The van der Waals surface area contributed by atoms with Crippen LogP contribution in [0.2, 0.25) is 0 Å². The molecule has 0 aromatic heterocycles. The van der Waals surface area contributed by atoms with Crippen molar-refractivity contribution in [1.82, 2.24) is 0 Å². The van der Waals surface area contributed by atoms with Crippen LogP contribution in [0.1, 0.15) is 6.42 Å². The van der Waals surface area contributed by atoms with Gasteiger partial charge >= 0.3 is 6.18 Å². The van der Waals surface area contributed by atoms with Gasteiger partial charge in [0.2, 0.25) is 5.24 Å². The van der Waals surface area contributed by atoms with Gasteiger partial charge in [0.1, 0.15) is 12.1 Å². The molecule has 0 amide bonds. The molecule has 0 aromatic carbocycles. The topological polar surface area (TPSA) is 17.1 Å². The SMILES string of the molecule is O=C(Cl)CC1=CC(C(F)(F)F)C(F)C=C1. The summed E-state index contributed by atoms with van der Waals surface area (Å²) in [5.74, 6) is -2.19. The van der Waals surface area contributed by atoms with E-state index >= 15 is 0 Å². The van der Waals surface area contributed by atoms with Crippen LogP contribution in [0.15, 0.2) is 23.8 Å². The predicted octanol–water partition coefficient (Wildman–Crippen LogP) is 3.15. The minimum absolute atomic E-state index is 0.0891. The fraction of sp³-hybridized carbons (Fsp3) is 0.444. The zero-order valence-corrected chi connectivity index (χ0v) is 8.15. The van der Waals surface area contributed by atoms with Gasteiger partial charge < -0.3 is 0 Å². The first-order valence-corrected chi connectivity index (χ1v) is 4.46. The number of halogens is 5. The Morgan fingerprint density at radius 2 is 2.07 bits per heavy atom. The highest BCUT2D eigenvalue weighted by Gasteiger charge is 2.44. The van der Waals surface area contributed by atoms with E-state index in [0.29, 0.717) is 6.08 Å². The van der Waals surface area contributed by atoms with Crippen molar-refractivity contribution in [1.29, 1.82) is 0 Å². The van der Waals surface area contributed by atoms with Gasteiger partial charge in [-0.3, -0.25) is 4.79 Å². The molecule has 0 radical (unpaired) electrons. The van der Waals surface area contributed by atoms with Crippen molar-refractivity contribution in [3.05, 3.63) is 23.8 Å². The summed E-state index contributed by atoms with van der Waals surface area (Å²) in [6, 6.07) is 0. The number of carbonyl (C=O) groups excluding carboxylic acids is 1. The molecule has 0 aliphatic heterocycles. The Balaban J connectivity index is 2.85. The number of allylic oxidation sites excluding steroid dienone is 4. The Hall–Kier alpha value is -0.840. The maximum absolute atomic E-state index is 12.9. The van der Waals surface area contributed by atoms with E-state index in [4.69, 9.17) is 11.6 Å². The van der Waals surface area contributed by atoms with Crippen LogP contribution in [0, 0.1) is 5.92 Å². The molecule has 0 heterocycles.